The van der Waals surface area contributed by atoms with Gasteiger partial charge < -0.3 is 4.74 Å². The molecule has 0 bridgehead atoms. The Bertz CT molecular complexity index is 225. The van der Waals surface area contributed by atoms with E-state index in [1.54, 1.807) is 0 Å². The molecule has 0 N–H and O–H groups in total. The van der Waals surface area contributed by atoms with Crippen LogP contribution in [0.5, 0.6) is 0 Å². The maximum atomic E-state index is 5.96. The van der Waals surface area contributed by atoms with Gasteiger partial charge in [-0.25, -0.2) is 0 Å². The lowest BCUT2D eigenvalue weighted by Crippen LogP contribution is -2.41. The second kappa shape index (κ2) is 4.19. The highest BCUT2D eigenvalue weighted by atomic mass is 127. The Morgan fingerprint density at radius 3 is 1.92 bits per heavy atom. The molecule has 0 saturated carbocycles. The first-order valence-corrected chi connectivity index (χ1v) is 6.48. The highest BCUT2D eigenvalue weighted by Gasteiger charge is 2.45. The fourth-order valence-electron chi connectivity index (χ4n) is 2.03. The van der Waals surface area contributed by atoms with Gasteiger partial charge in [-0.15, -0.1) is 0 Å². The molecule has 76 valence electrons. The highest BCUT2D eigenvalue weighted by Crippen LogP contribution is 2.47. The van der Waals surface area contributed by atoms with Crippen molar-refractivity contribution in [3.05, 3.63) is 8.06 Å². The van der Waals surface area contributed by atoms with Crippen LogP contribution in [0, 0.1) is 11.8 Å². The molecule has 0 amide bonds. The third-order valence-electron chi connectivity index (χ3n) is 2.73. The van der Waals surface area contributed by atoms with Crippen molar-refractivity contribution in [2.45, 2.75) is 33.3 Å². The monoisotopic (exact) mass is 358 g/mol. The van der Waals surface area contributed by atoms with Crippen LogP contribution in [0.2, 0.25) is 0 Å². The summed E-state index contributed by atoms with van der Waals surface area (Å²) in [6.07, 6.45) is 0. The number of hydrogen-bond acceptors (Lipinski definition) is 1. The minimum Gasteiger partial charge on any atom is -0.364 e. The molecule has 1 heterocycles. The molecule has 0 atom stereocenters. The van der Waals surface area contributed by atoms with Crippen molar-refractivity contribution < 1.29 is 4.74 Å². The van der Waals surface area contributed by atoms with Crippen molar-refractivity contribution >= 4 is 38.5 Å². The molecule has 1 aliphatic rings. The van der Waals surface area contributed by atoms with E-state index in [0.717, 1.165) is 6.61 Å². The van der Waals surface area contributed by atoms with E-state index >= 15 is 0 Å². The maximum Gasteiger partial charge on any atom is 0.105 e. The average Bonchev–Trinajstić information content (AvgIpc) is 2.30. The smallest absolute Gasteiger partial charge is 0.105 e. The van der Waals surface area contributed by atoms with Crippen LogP contribution in [0.1, 0.15) is 27.7 Å². The van der Waals surface area contributed by atoms with Gasteiger partial charge in [-0.2, -0.15) is 0 Å². The zero-order valence-electron chi connectivity index (χ0n) is 8.53. The predicted molar refractivity (Wildman–Crippen MR) is 68.3 cm³/mol. The molecule has 0 fully saturated rings. The Balaban J connectivity index is 3.08. The predicted octanol–water partition coefficient (Wildman–Crippen LogP) is 4.11. The van der Waals surface area contributed by atoms with Gasteiger partial charge in [0.1, 0.15) is 5.60 Å². The van der Waals surface area contributed by atoms with E-state index in [2.05, 4.69) is 66.2 Å². The first kappa shape index (κ1) is 12.0. The van der Waals surface area contributed by atoms with E-state index in [1.165, 1.54) is 8.06 Å². The van der Waals surface area contributed by atoms with Crippen molar-refractivity contribution in [1.82, 2.24) is 0 Å². The molecule has 0 aromatic carbocycles. The van der Waals surface area contributed by atoms with Gasteiger partial charge in [0, 0.05) is 8.06 Å². The van der Waals surface area contributed by atoms with Crippen molar-refractivity contribution in [3.63, 3.8) is 0 Å². The second-order valence-electron chi connectivity index (χ2n) is 4.11. The molecule has 0 aromatic rings. The van der Waals surface area contributed by atoms with Crippen molar-refractivity contribution in [3.8, 4) is 0 Å². The molecule has 3 heteroatoms. The highest BCUT2D eigenvalue weighted by molar-refractivity contribution is 14.1. The fraction of sp³-hybridized carbons (Fsp3) is 0.800. The summed E-state index contributed by atoms with van der Waals surface area (Å²) in [5.41, 5.74) is -0.0562. The lowest BCUT2D eigenvalue weighted by atomic mass is 9.81. The van der Waals surface area contributed by atoms with Crippen LogP contribution in [0.3, 0.4) is 0 Å². The van der Waals surface area contributed by atoms with Crippen LogP contribution >= 0.6 is 38.5 Å². The van der Waals surface area contributed by atoms with Crippen LogP contribution in [-0.4, -0.2) is 12.2 Å². The number of ether oxygens (including phenoxy) is 1. The van der Waals surface area contributed by atoms with Gasteiger partial charge in [0.15, 0.2) is 0 Å². The SMILES string of the molecule is CC(C)C1(C(C)C)OCC(Br)=C1I. The zero-order valence-corrected chi connectivity index (χ0v) is 12.3. The third kappa shape index (κ3) is 1.84. The first-order chi connectivity index (χ1) is 5.93. The lowest BCUT2D eigenvalue weighted by Gasteiger charge is -2.37. The minimum absolute atomic E-state index is 0.0562. The number of hydrogen-bond donors (Lipinski definition) is 0. The molecular formula is C10H16BrIO. The molecule has 0 saturated heterocycles. The van der Waals surface area contributed by atoms with Gasteiger partial charge in [-0.05, 0) is 34.4 Å². The fourth-order valence-corrected chi connectivity index (χ4v) is 4.01. The molecule has 1 nitrogen and oxygen atoms in total. The molecule has 0 aliphatic carbocycles. The van der Waals surface area contributed by atoms with E-state index < -0.39 is 0 Å². The largest absolute Gasteiger partial charge is 0.364 e. The lowest BCUT2D eigenvalue weighted by molar-refractivity contribution is -0.0466. The van der Waals surface area contributed by atoms with Gasteiger partial charge >= 0.3 is 0 Å². The van der Waals surface area contributed by atoms with Crippen molar-refractivity contribution in [2.75, 3.05) is 6.61 Å². The summed E-state index contributed by atoms with van der Waals surface area (Å²) >= 11 is 5.97. The minimum atomic E-state index is -0.0562. The molecule has 13 heavy (non-hydrogen) atoms. The van der Waals surface area contributed by atoms with E-state index in [4.69, 9.17) is 4.74 Å². The Morgan fingerprint density at radius 2 is 1.77 bits per heavy atom. The van der Waals surface area contributed by atoms with Crippen LogP contribution in [0.15, 0.2) is 8.06 Å². The normalized spacial score (nSPS) is 22.2. The molecular weight excluding hydrogens is 343 g/mol. The topological polar surface area (TPSA) is 9.23 Å². The Labute approximate surface area is 103 Å². The molecule has 1 aliphatic heterocycles. The quantitative estimate of drug-likeness (QED) is 0.675. The standard InChI is InChI=1S/C10H16BrIO/c1-6(2)10(7(3)4)9(12)8(11)5-13-10/h6-7H,5H2,1-4H3. The maximum absolute atomic E-state index is 5.96. The first-order valence-electron chi connectivity index (χ1n) is 4.61. The van der Waals surface area contributed by atoms with Gasteiger partial charge in [0.25, 0.3) is 0 Å². The Kier molecular flexibility index (Phi) is 3.86. The molecule has 0 radical (unpaired) electrons. The van der Waals surface area contributed by atoms with Crippen LogP contribution in [-0.2, 0) is 4.74 Å². The van der Waals surface area contributed by atoms with Gasteiger partial charge in [-0.3, -0.25) is 0 Å². The average molecular weight is 359 g/mol. The summed E-state index contributed by atoms with van der Waals surface area (Å²) < 4.78 is 8.52. The summed E-state index contributed by atoms with van der Waals surface area (Å²) in [4.78, 5) is 0. The van der Waals surface area contributed by atoms with Crippen LogP contribution in [0.25, 0.3) is 0 Å². The van der Waals surface area contributed by atoms with Crippen LogP contribution < -0.4 is 0 Å². The van der Waals surface area contributed by atoms with Gasteiger partial charge in [0.2, 0.25) is 0 Å². The summed E-state index contributed by atoms with van der Waals surface area (Å²) in [6, 6.07) is 0. The molecule has 0 aromatic heterocycles. The summed E-state index contributed by atoms with van der Waals surface area (Å²) in [5.74, 6) is 1.05. The van der Waals surface area contributed by atoms with Gasteiger partial charge in [-0.1, -0.05) is 43.6 Å². The number of rotatable bonds is 2. The third-order valence-corrected chi connectivity index (χ3v) is 5.60. The molecule has 0 unspecified atom stereocenters. The Hall–Kier alpha value is 0.910. The van der Waals surface area contributed by atoms with Gasteiger partial charge in [0.05, 0.1) is 6.61 Å². The summed E-state index contributed by atoms with van der Waals surface area (Å²) in [6.45, 7) is 9.64. The zero-order chi connectivity index (χ0) is 10.2. The van der Waals surface area contributed by atoms with E-state index in [0.29, 0.717) is 11.8 Å². The van der Waals surface area contributed by atoms with E-state index in [-0.39, 0.29) is 5.60 Å². The second-order valence-corrected chi connectivity index (χ2v) is 6.15. The molecule has 1 rings (SSSR count). The van der Waals surface area contributed by atoms with E-state index in [1.807, 2.05) is 0 Å². The number of halogens is 2. The summed E-state index contributed by atoms with van der Waals surface area (Å²) in [5, 5.41) is 0. The van der Waals surface area contributed by atoms with Crippen LogP contribution in [0.4, 0.5) is 0 Å². The van der Waals surface area contributed by atoms with E-state index in [9.17, 15) is 0 Å². The van der Waals surface area contributed by atoms with Crippen molar-refractivity contribution in [2.24, 2.45) is 11.8 Å². The summed E-state index contributed by atoms with van der Waals surface area (Å²) in [7, 11) is 0. The Morgan fingerprint density at radius 1 is 1.31 bits per heavy atom. The van der Waals surface area contributed by atoms with Crippen molar-refractivity contribution in [1.29, 1.82) is 0 Å². The molecule has 0 spiro atoms.